The number of aryl methyl sites for hydroxylation is 1. The van der Waals surface area contributed by atoms with Gasteiger partial charge in [0, 0.05) is 34.9 Å². The lowest BCUT2D eigenvalue weighted by Crippen LogP contribution is -2.18. The van der Waals surface area contributed by atoms with E-state index in [2.05, 4.69) is 20.8 Å². The smallest absolute Gasteiger partial charge is 0.105 e. The van der Waals surface area contributed by atoms with Crippen LogP contribution in [0.2, 0.25) is 0 Å². The summed E-state index contributed by atoms with van der Waals surface area (Å²) in [7, 11) is 2.01. The summed E-state index contributed by atoms with van der Waals surface area (Å²) in [6, 6.07) is 7.85. The van der Waals surface area contributed by atoms with E-state index in [1.807, 2.05) is 38.2 Å². The second kappa shape index (κ2) is 5.59. The van der Waals surface area contributed by atoms with Gasteiger partial charge in [-0.1, -0.05) is 22.0 Å². The molecule has 0 unspecified atom stereocenters. The fraction of sp³-hybridized carbons (Fsp3) is 0.286. The van der Waals surface area contributed by atoms with Crippen molar-refractivity contribution < 1.29 is 9.52 Å². The molecule has 0 aliphatic carbocycles. The van der Waals surface area contributed by atoms with Crippen molar-refractivity contribution in [2.45, 2.75) is 20.1 Å². The Bertz CT molecular complexity index is 536. The molecule has 0 amide bonds. The van der Waals surface area contributed by atoms with Crippen LogP contribution in [0.4, 0.5) is 5.69 Å². The molecule has 18 heavy (non-hydrogen) atoms. The van der Waals surface area contributed by atoms with Gasteiger partial charge in [0.05, 0.1) is 12.9 Å². The Hall–Kier alpha value is -1.26. The van der Waals surface area contributed by atoms with E-state index in [0.29, 0.717) is 0 Å². The molecule has 0 aliphatic heterocycles. The molecule has 0 bridgehead atoms. The van der Waals surface area contributed by atoms with Crippen LogP contribution in [0.5, 0.6) is 0 Å². The van der Waals surface area contributed by atoms with Crippen LogP contribution in [0.1, 0.15) is 16.9 Å². The minimum Gasteiger partial charge on any atom is -0.469 e. The predicted octanol–water partition coefficient (Wildman–Crippen LogP) is 3.48. The van der Waals surface area contributed by atoms with Gasteiger partial charge in [0.15, 0.2) is 0 Å². The Morgan fingerprint density at radius 2 is 2.06 bits per heavy atom. The molecule has 1 heterocycles. The first kappa shape index (κ1) is 13.2. The van der Waals surface area contributed by atoms with E-state index in [1.54, 1.807) is 6.26 Å². The Kier molecular flexibility index (Phi) is 4.09. The van der Waals surface area contributed by atoms with Gasteiger partial charge in [0.2, 0.25) is 0 Å². The highest BCUT2D eigenvalue weighted by atomic mass is 79.9. The van der Waals surface area contributed by atoms with Crippen molar-refractivity contribution >= 4 is 21.6 Å². The molecule has 0 saturated carbocycles. The van der Waals surface area contributed by atoms with Crippen molar-refractivity contribution in [2.24, 2.45) is 0 Å². The zero-order chi connectivity index (χ0) is 13.1. The quantitative estimate of drug-likeness (QED) is 0.939. The number of benzene rings is 1. The fourth-order valence-electron chi connectivity index (χ4n) is 1.94. The molecule has 1 N–H and O–H groups in total. The standard InChI is InChI=1S/C14H16BrNO2/c1-10-11(5-6-18-10)8-16(2)14-7-13(15)4-3-12(14)9-17/h3-7,17H,8-9H2,1-2H3. The number of halogens is 1. The molecule has 0 saturated heterocycles. The molecule has 0 fully saturated rings. The van der Waals surface area contributed by atoms with Crippen LogP contribution in [0, 0.1) is 6.92 Å². The summed E-state index contributed by atoms with van der Waals surface area (Å²) in [5.74, 6) is 0.933. The number of hydrogen-bond donors (Lipinski definition) is 1. The summed E-state index contributed by atoms with van der Waals surface area (Å²) >= 11 is 3.46. The van der Waals surface area contributed by atoms with E-state index in [4.69, 9.17) is 4.42 Å². The average Bonchev–Trinajstić information content (AvgIpc) is 2.75. The first-order valence-electron chi connectivity index (χ1n) is 5.75. The van der Waals surface area contributed by atoms with Gasteiger partial charge in [-0.3, -0.25) is 0 Å². The van der Waals surface area contributed by atoms with E-state index in [9.17, 15) is 5.11 Å². The molecule has 3 nitrogen and oxygen atoms in total. The highest BCUT2D eigenvalue weighted by molar-refractivity contribution is 9.10. The number of anilines is 1. The van der Waals surface area contributed by atoms with Gasteiger partial charge in [-0.05, 0) is 25.1 Å². The predicted molar refractivity (Wildman–Crippen MR) is 75.6 cm³/mol. The van der Waals surface area contributed by atoms with Crippen molar-refractivity contribution in [1.29, 1.82) is 0 Å². The van der Waals surface area contributed by atoms with Crippen LogP contribution >= 0.6 is 15.9 Å². The zero-order valence-corrected chi connectivity index (χ0v) is 12.1. The average molecular weight is 310 g/mol. The Morgan fingerprint density at radius 3 is 2.67 bits per heavy atom. The number of furan rings is 1. The molecule has 2 rings (SSSR count). The van der Waals surface area contributed by atoms with Gasteiger partial charge in [0.25, 0.3) is 0 Å². The monoisotopic (exact) mass is 309 g/mol. The number of aliphatic hydroxyl groups is 1. The lowest BCUT2D eigenvalue weighted by atomic mass is 10.1. The molecule has 0 atom stereocenters. The van der Waals surface area contributed by atoms with Gasteiger partial charge in [0.1, 0.15) is 5.76 Å². The molecule has 1 aromatic carbocycles. The topological polar surface area (TPSA) is 36.6 Å². The maximum Gasteiger partial charge on any atom is 0.105 e. The summed E-state index contributed by atoms with van der Waals surface area (Å²) in [4.78, 5) is 2.11. The van der Waals surface area contributed by atoms with Crippen molar-refractivity contribution in [2.75, 3.05) is 11.9 Å². The molecule has 0 radical (unpaired) electrons. The summed E-state index contributed by atoms with van der Waals surface area (Å²) in [6.45, 7) is 2.75. The van der Waals surface area contributed by atoms with Crippen LogP contribution in [-0.4, -0.2) is 12.2 Å². The third-order valence-electron chi connectivity index (χ3n) is 3.00. The van der Waals surface area contributed by atoms with E-state index in [1.165, 1.54) is 0 Å². The minimum absolute atomic E-state index is 0.0390. The number of aliphatic hydroxyl groups excluding tert-OH is 1. The minimum atomic E-state index is 0.0390. The Labute approximate surface area is 115 Å². The fourth-order valence-corrected chi connectivity index (χ4v) is 2.29. The molecular formula is C14H16BrNO2. The zero-order valence-electron chi connectivity index (χ0n) is 10.5. The van der Waals surface area contributed by atoms with E-state index < -0.39 is 0 Å². The van der Waals surface area contributed by atoms with Gasteiger partial charge in [-0.25, -0.2) is 0 Å². The summed E-state index contributed by atoms with van der Waals surface area (Å²) in [5.41, 5.74) is 3.09. The third-order valence-corrected chi connectivity index (χ3v) is 3.50. The largest absolute Gasteiger partial charge is 0.469 e. The van der Waals surface area contributed by atoms with Crippen molar-refractivity contribution in [3.05, 3.63) is 51.9 Å². The molecule has 0 aliphatic rings. The van der Waals surface area contributed by atoms with Gasteiger partial charge in [-0.15, -0.1) is 0 Å². The van der Waals surface area contributed by atoms with E-state index in [-0.39, 0.29) is 6.61 Å². The van der Waals surface area contributed by atoms with Crippen molar-refractivity contribution in [3.63, 3.8) is 0 Å². The summed E-state index contributed by atoms with van der Waals surface area (Å²) in [5, 5.41) is 9.38. The van der Waals surface area contributed by atoms with E-state index in [0.717, 1.165) is 33.6 Å². The van der Waals surface area contributed by atoms with Gasteiger partial charge < -0.3 is 14.4 Å². The van der Waals surface area contributed by atoms with Crippen molar-refractivity contribution in [3.8, 4) is 0 Å². The van der Waals surface area contributed by atoms with Crippen LogP contribution < -0.4 is 4.90 Å². The highest BCUT2D eigenvalue weighted by Crippen LogP contribution is 2.26. The molecule has 2 aromatic rings. The number of hydrogen-bond acceptors (Lipinski definition) is 3. The second-order valence-electron chi connectivity index (χ2n) is 4.29. The summed E-state index contributed by atoms with van der Waals surface area (Å²) in [6.07, 6.45) is 1.70. The molecule has 1 aromatic heterocycles. The Morgan fingerprint density at radius 1 is 1.28 bits per heavy atom. The van der Waals surface area contributed by atoms with Gasteiger partial charge in [-0.2, -0.15) is 0 Å². The number of rotatable bonds is 4. The van der Waals surface area contributed by atoms with Crippen LogP contribution in [-0.2, 0) is 13.2 Å². The molecule has 4 heteroatoms. The van der Waals surface area contributed by atoms with Crippen LogP contribution in [0.3, 0.4) is 0 Å². The van der Waals surface area contributed by atoms with E-state index >= 15 is 0 Å². The van der Waals surface area contributed by atoms with Crippen molar-refractivity contribution in [1.82, 2.24) is 0 Å². The summed E-state index contributed by atoms with van der Waals surface area (Å²) < 4.78 is 6.30. The lowest BCUT2D eigenvalue weighted by Gasteiger charge is -2.22. The SMILES string of the molecule is Cc1occc1CN(C)c1cc(Br)ccc1CO. The molecular weight excluding hydrogens is 294 g/mol. The lowest BCUT2D eigenvalue weighted by molar-refractivity contribution is 0.282. The first-order valence-corrected chi connectivity index (χ1v) is 6.54. The first-order chi connectivity index (χ1) is 8.61. The molecule has 96 valence electrons. The number of nitrogens with zero attached hydrogens (tertiary/aromatic N) is 1. The Balaban J connectivity index is 2.25. The maximum atomic E-state index is 9.38. The third kappa shape index (κ3) is 2.76. The normalized spacial score (nSPS) is 10.7. The second-order valence-corrected chi connectivity index (χ2v) is 5.20. The maximum absolute atomic E-state index is 9.38. The van der Waals surface area contributed by atoms with Crippen LogP contribution in [0.25, 0.3) is 0 Å². The highest BCUT2D eigenvalue weighted by Gasteiger charge is 2.10. The van der Waals surface area contributed by atoms with Crippen LogP contribution in [0.15, 0.2) is 39.4 Å². The van der Waals surface area contributed by atoms with Gasteiger partial charge >= 0.3 is 0 Å². The molecule has 0 spiro atoms.